The van der Waals surface area contributed by atoms with Gasteiger partial charge in [-0.15, -0.1) is 0 Å². The van der Waals surface area contributed by atoms with E-state index in [1.807, 2.05) is 35.9 Å². The Morgan fingerprint density at radius 3 is 2.68 bits per heavy atom. The zero-order chi connectivity index (χ0) is 13.4. The van der Waals surface area contributed by atoms with Gasteiger partial charge in [0.05, 0.1) is 0 Å². The van der Waals surface area contributed by atoms with Gasteiger partial charge in [-0.25, -0.2) is 4.79 Å². The fourth-order valence-corrected chi connectivity index (χ4v) is 3.21. The molecule has 4 nitrogen and oxygen atoms in total. The highest BCUT2D eigenvalue weighted by Gasteiger charge is 2.27. The molecule has 1 aromatic carbocycles. The minimum Gasteiger partial charge on any atom is -0.477 e. The van der Waals surface area contributed by atoms with E-state index >= 15 is 0 Å². The van der Waals surface area contributed by atoms with Gasteiger partial charge in [0, 0.05) is 18.0 Å². The van der Waals surface area contributed by atoms with Crippen molar-refractivity contribution >= 4 is 16.9 Å². The first-order valence-electron chi connectivity index (χ1n) is 6.71. The maximum Gasteiger partial charge on any atom is 0.352 e. The van der Waals surface area contributed by atoms with Crippen molar-refractivity contribution in [2.24, 2.45) is 7.05 Å². The van der Waals surface area contributed by atoms with Crippen molar-refractivity contribution in [1.29, 1.82) is 0 Å². The highest BCUT2D eigenvalue weighted by atomic mass is 16.4. The zero-order valence-electron chi connectivity index (χ0n) is 11.0. The lowest BCUT2D eigenvalue weighted by Gasteiger charge is -2.23. The fraction of sp³-hybridized carbons (Fsp3) is 0.400. The van der Waals surface area contributed by atoms with Gasteiger partial charge in [0.15, 0.2) is 0 Å². The summed E-state index contributed by atoms with van der Waals surface area (Å²) in [6, 6.07) is 7.98. The lowest BCUT2D eigenvalue weighted by Crippen LogP contribution is -2.27. The van der Waals surface area contributed by atoms with Gasteiger partial charge in [0.25, 0.3) is 0 Å². The lowest BCUT2D eigenvalue weighted by atomic mass is 9.88. The standard InChI is InChI=1S/C15H18N2O2/c1-17-12-5-3-2-4-11(12)13(14(17)15(18)19)10-6-8-16-9-7-10/h2-5,10,16H,6-9H2,1H3,(H,18,19). The van der Waals surface area contributed by atoms with Gasteiger partial charge in [0.2, 0.25) is 0 Å². The lowest BCUT2D eigenvalue weighted by molar-refractivity contribution is 0.0685. The van der Waals surface area contributed by atoms with Crippen molar-refractivity contribution in [3.05, 3.63) is 35.5 Å². The Kier molecular flexibility index (Phi) is 3.03. The number of aryl methyl sites for hydroxylation is 1. The molecule has 0 atom stereocenters. The van der Waals surface area contributed by atoms with Gasteiger partial charge in [-0.05, 0) is 43.5 Å². The molecule has 0 saturated carbocycles. The fourth-order valence-electron chi connectivity index (χ4n) is 3.21. The average molecular weight is 258 g/mol. The molecule has 0 unspecified atom stereocenters. The molecule has 0 aliphatic carbocycles. The van der Waals surface area contributed by atoms with Crippen LogP contribution in [0, 0.1) is 0 Å². The second-order valence-corrected chi connectivity index (χ2v) is 5.17. The third-order valence-electron chi connectivity index (χ3n) is 4.10. The molecule has 0 amide bonds. The van der Waals surface area contributed by atoms with Gasteiger partial charge < -0.3 is 15.0 Å². The molecule has 2 N–H and O–H groups in total. The third kappa shape index (κ3) is 1.92. The molecular formula is C15H18N2O2. The summed E-state index contributed by atoms with van der Waals surface area (Å²) in [6.07, 6.45) is 2.02. The topological polar surface area (TPSA) is 54.3 Å². The molecule has 3 rings (SSSR count). The first-order valence-corrected chi connectivity index (χ1v) is 6.71. The summed E-state index contributed by atoms with van der Waals surface area (Å²) in [5.74, 6) is -0.481. The molecule has 1 aliphatic heterocycles. The summed E-state index contributed by atoms with van der Waals surface area (Å²) in [4.78, 5) is 11.6. The van der Waals surface area contributed by atoms with Gasteiger partial charge in [-0.3, -0.25) is 0 Å². The number of carbonyl (C=O) groups is 1. The van der Waals surface area contributed by atoms with Crippen molar-refractivity contribution in [3.8, 4) is 0 Å². The van der Waals surface area contributed by atoms with E-state index < -0.39 is 5.97 Å². The number of aromatic carboxylic acids is 1. The number of carboxylic acids is 1. The van der Waals surface area contributed by atoms with E-state index in [0.717, 1.165) is 42.4 Å². The molecule has 1 saturated heterocycles. The molecule has 100 valence electrons. The van der Waals surface area contributed by atoms with E-state index in [9.17, 15) is 9.90 Å². The van der Waals surface area contributed by atoms with Crippen molar-refractivity contribution in [2.75, 3.05) is 13.1 Å². The smallest absolute Gasteiger partial charge is 0.352 e. The van der Waals surface area contributed by atoms with Crippen LogP contribution >= 0.6 is 0 Å². The number of benzene rings is 1. The number of nitrogens with one attached hydrogen (secondary N) is 1. The molecule has 19 heavy (non-hydrogen) atoms. The van der Waals surface area contributed by atoms with Crippen molar-refractivity contribution in [3.63, 3.8) is 0 Å². The number of nitrogens with zero attached hydrogens (tertiary/aromatic N) is 1. The van der Waals surface area contributed by atoms with Gasteiger partial charge in [-0.2, -0.15) is 0 Å². The highest BCUT2D eigenvalue weighted by molar-refractivity contribution is 5.98. The van der Waals surface area contributed by atoms with Gasteiger partial charge in [0.1, 0.15) is 5.69 Å². The Morgan fingerprint density at radius 1 is 1.32 bits per heavy atom. The monoisotopic (exact) mass is 258 g/mol. The quantitative estimate of drug-likeness (QED) is 0.869. The molecule has 0 radical (unpaired) electrons. The van der Waals surface area contributed by atoms with E-state index in [4.69, 9.17) is 0 Å². The number of piperidine rings is 1. The number of hydrogen-bond acceptors (Lipinski definition) is 2. The minimum absolute atomic E-state index is 0.346. The van der Waals surface area contributed by atoms with Crippen LogP contribution in [0.4, 0.5) is 0 Å². The van der Waals surface area contributed by atoms with E-state index in [-0.39, 0.29) is 0 Å². The molecular weight excluding hydrogens is 240 g/mol. The molecule has 1 aromatic heterocycles. The van der Waals surface area contributed by atoms with Crippen LogP contribution in [0.15, 0.2) is 24.3 Å². The van der Waals surface area contributed by atoms with Crippen molar-refractivity contribution < 1.29 is 9.90 Å². The molecule has 2 heterocycles. The summed E-state index contributed by atoms with van der Waals surface area (Å²) in [5.41, 5.74) is 2.48. The van der Waals surface area contributed by atoms with E-state index in [1.165, 1.54) is 0 Å². The van der Waals surface area contributed by atoms with Crippen molar-refractivity contribution in [2.45, 2.75) is 18.8 Å². The second-order valence-electron chi connectivity index (χ2n) is 5.17. The zero-order valence-corrected chi connectivity index (χ0v) is 11.0. The maximum absolute atomic E-state index is 11.6. The summed E-state index contributed by atoms with van der Waals surface area (Å²) >= 11 is 0. The van der Waals surface area contributed by atoms with Crippen LogP contribution in [0.1, 0.15) is 34.8 Å². The number of aromatic nitrogens is 1. The summed E-state index contributed by atoms with van der Waals surface area (Å²) in [5, 5.41) is 14.0. The Labute approximate surface area is 112 Å². The number of fused-ring (bicyclic) bond motifs is 1. The van der Waals surface area contributed by atoms with E-state index in [1.54, 1.807) is 0 Å². The van der Waals surface area contributed by atoms with Gasteiger partial charge in [-0.1, -0.05) is 18.2 Å². The largest absolute Gasteiger partial charge is 0.477 e. The number of carboxylic acid groups (broad SMARTS) is 1. The molecule has 1 aliphatic rings. The Balaban J connectivity index is 2.25. The SMILES string of the molecule is Cn1c(C(=O)O)c(C2CCNCC2)c2ccccc21. The number of hydrogen-bond donors (Lipinski definition) is 2. The minimum atomic E-state index is -0.827. The predicted octanol–water partition coefficient (Wildman–Crippen LogP) is 2.34. The van der Waals surface area contributed by atoms with Crippen LogP contribution in [0.5, 0.6) is 0 Å². The van der Waals surface area contributed by atoms with Crippen LogP contribution in [0.25, 0.3) is 10.9 Å². The van der Waals surface area contributed by atoms with Crippen LogP contribution in [0.3, 0.4) is 0 Å². The summed E-state index contributed by atoms with van der Waals surface area (Å²) in [6.45, 7) is 1.93. The summed E-state index contributed by atoms with van der Waals surface area (Å²) < 4.78 is 1.81. The predicted molar refractivity (Wildman–Crippen MR) is 74.7 cm³/mol. The Bertz CT molecular complexity index is 624. The van der Waals surface area contributed by atoms with Crippen LogP contribution in [0.2, 0.25) is 0 Å². The first kappa shape index (κ1) is 12.2. The summed E-state index contributed by atoms with van der Waals surface area (Å²) in [7, 11) is 1.84. The first-order chi connectivity index (χ1) is 9.20. The second kappa shape index (κ2) is 4.70. The third-order valence-corrected chi connectivity index (χ3v) is 4.10. The molecule has 0 spiro atoms. The normalized spacial score (nSPS) is 16.9. The number of para-hydroxylation sites is 1. The van der Waals surface area contributed by atoms with Gasteiger partial charge >= 0.3 is 5.97 Å². The highest BCUT2D eigenvalue weighted by Crippen LogP contribution is 2.35. The van der Waals surface area contributed by atoms with E-state index in [2.05, 4.69) is 5.32 Å². The molecule has 1 fully saturated rings. The van der Waals surface area contributed by atoms with Crippen LogP contribution in [-0.2, 0) is 7.05 Å². The molecule has 2 aromatic rings. The Hall–Kier alpha value is -1.81. The maximum atomic E-state index is 11.6. The van der Waals surface area contributed by atoms with Crippen LogP contribution < -0.4 is 5.32 Å². The molecule has 4 heteroatoms. The van der Waals surface area contributed by atoms with Crippen molar-refractivity contribution in [1.82, 2.24) is 9.88 Å². The van der Waals surface area contributed by atoms with Crippen LogP contribution in [-0.4, -0.2) is 28.7 Å². The van der Waals surface area contributed by atoms with E-state index in [0.29, 0.717) is 11.6 Å². The average Bonchev–Trinajstić information content (AvgIpc) is 2.74. The number of rotatable bonds is 2. The molecule has 0 bridgehead atoms. The Morgan fingerprint density at radius 2 is 2.00 bits per heavy atom.